The molecule has 4 rings (SSSR count). The van der Waals surface area contributed by atoms with Gasteiger partial charge in [-0.25, -0.2) is 9.97 Å². The van der Waals surface area contributed by atoms with E-state index in [4.69, 9.17) is 5.73 Å². The Morgan fingerprint density at radius 2 is 2.12 bits per heavy atom. The summed E-state index contributed by atoms with van der Waals surface area (Å²) in [5, 5.41) is 10.3. The third-order valence-corrected chi connectivity index (χ3v) is 4.80. The van der Waals surface area contributed by atoms with Crippen LogP contribution in [-0.2, 0) is 0 Å². The maximum Gasteiger partial charge on any atom is 0.147 e. The standard InChI is InChI=1S/C12H16N4O/c13-9-3-15-10(4-14-9)16-5-7-1-6-2-8(7)11(16)12(6)17/h3-4,6-8,11-12,17H,1-2,5H2,(H2,13,14). The Bertz CT molecular complexity index is 446. The van der Waals surface area contributed by atoms with Crippen LogP contribution in [0.3, 0.4) is 0 Å². The molecule has 0 radical (unpaired) electrons. The van der Waals surface area contributed by atoms with E-state index in [9.17, 15) is 5.11 Å². The van der Waals surface area contributed by atoms with Crippen molar-refractivity contribution in [2.45, 2.75) is 25.0 Å². The summed E-state index contributed by atoms with van der Waals surface area (Å²) >= 11 is 0. The average Bonchev–Trinajstić information content (AvgIpc) is 2.91. The molecule has 0 spiro atoms. The first kappa shape index (κ1) is 9.65. The summed E-state index contributed by atoms with van der Waals surface area (Å²) in [5.74, 6) is 3.22. The summed E-state index contributed by atoms with van der Waals surface area (Å²) in [7, 11) is 0. The second-order valence-corrected chi connectivity index (χ2v) is 5.59. The molecular weight excluding hydrogens is 216 g/mol. The minimum absolute atomic E-state index is 0.182. The van der Waals surface area contributed by atoms with Crippen LogP contribution in [0.15, 0.2) is 12.4 Å². The Balaban J connectivity index is 1.70. The zero-order valence-electron chi connectivity index (χ0n) is 9.53. The highest BCUT2D eigenvalue weighted by atomic mass is 16.3. The van der Waals surface area contributed by atoms with Crippen molar-refractivity contribution in [3.8, 4) is 0 Å². The number of hydrogen-bond acceptors (Lipinski definition) is 5. The quantitative estimate of drug-likeness (QED) is 0.726. The molecule has 90 valence electrons. The molecule has 3 N–H and O–H groups in total. The molecule has 3 aliphatic rings. The Hall–Kier alpha value is -1.36. The van der Waals surface area contributed by atoms with Gasteiger partial charge >= 0.3 is 0 Å². The fourth-order valence-electron chi connectivity index (χ4n) is 4.16. The normalized spacial score (nSPS) is 42.4. The fourth-order valence-corrected chi connectivity index (χ4v) is 4.16. The summed E-state index contributed by atoms with van der Waals surface area (Å²) in [5.41, 5.74) is 5.55. The van der Waals surface area contributed by atoms with Gasteiger partial charge in [-0.15, -0.1) is 0 Å². The molecule has 5 atom stereocenters. The molecule has 2 bridgehead atoms. The number of hydrogen-bond donors (Lipinski definition) is 2. The fraction of sp³-hybridized carbons (Fsp3) is 0.667. The van der Waals surface area contributed by atoms with Gasteiger partial charge in [-0.3, -0.25) is 0 Å². The first-order chi connectivity index (χ1) is 8.24. The van der Waals surface area contributed by atoms with E-state index >= 15 is 0 Å². The molecule has 2 saturated carbocycles. The predicted octanol–water partition coefficient (Wildman–Crippen LogP) is 0.264. The number of nitrogens with zero attached hydrogens (tertiary/aromatic N) is 3. The molecule has 5 nitrogen and oxygen atoms in total. The molecule has 0 amide bonds. The lowest BCUT2D eigenvalue weighted by molar-refractivity contribution is 0.0965. The van der Waals surface area contributed by atoms with Gasteiger partial charge in [0.05, 0.1) is 24.5 Å². The molecule has 5 unspecified atom stereocenters. The van der Waals surface area contributed by atoms with Gasteiger partial charge in [-0.05, 0) is 30.6 Å². The van der Waals surface area contributed by atoms with Crippen LogP contribution in [0.25, 0.3) is 0 Å². The van der Waals surface area contributed by atoms with Crippen LogP contribution in [-0.4, -0.2) is 33.8 Å². The van der Waals surface area contributed by atoms with Crippen molar-refractivity contribution >= 4 is 11.6 Å². The second kappa shape index (κ2) is 3.10. The number of aliphatic hydroxyl groups excluding tert-OH is 1. The van der Waals surface area contributed by atoms with Crippen LogP contribution in [0.2, 0.25) is 0 Å². The second-order valence-electron chi connectivity index (χ2n) is 5.59. The van der Waals surface area contributed by atoms with Crippen LogP contribution < -0.4 is 10.6 Å². The number of nitrogen functional groups attached to an aromatic ring is 1. The summed E-state index contributed by atoms with van der Waals surface area (Å²) in [4.78, 5) is 10.7. The van der Waals surface area contributed by atoms with E-state index < -0.39 is 0 Å². The molecular formula is C12H16N4O. The van der Waals surface area contributed by atoms with E-state index in [1.807, 2.05) is 0 Å². The Labute approximate surface area is 99.7 Å². The van der Waals surface area contributed by atoms with Crippen molar-refractivity contribution in [1.82, 2.24) is 9.97 Å². The lowest BCUT2D eigenvalue weighted by Crippen LogP contribution is -2.41. The van der Waals surface area contributed by atoms with E-state index in [1.54, 1.807) is 12.4 Å². The van der Waals surface area contributed by atoms with E-state index in [-0.39, 0.29) is 12.1 Å². The summed E-state index contributed by atoms with van der Waals surface area (Å²) in [6.45, 7) is 1.02. The highest BCUT2D eigenvalue weighted by Gasteiger charge is 2.59. The molecule has 2 heterocycles. The highest BCUT2D eigenvalue weighted by Crippen LogP contribution is 2.55. The number of rotatable bonds is 1. The molecule has 1 saturated heterocycles. The molecule has 5 heteroatoms. The summed E-state index contributed by atoms with van der Waals surface area (Å²) in [6, 6.07) is 0.261. The molecule has 1 aromatic rings. The van der Waals surface area contributed by atoms with Gasteiger partial charge in [-0.2, -0.15) is 0 Å². The van der Waals surface area contributed by atoms with Crippen molar-refractivity contribution in [3.63, 3.8) is 0 Å². The van der Waals surface area contributed by atoms with Crippen LogP contribution in [0.5, 0.6) is 0 Å². The topological polar surface area (TPSA) is 75.3 Å². The van der Waals surface area contributed by atoms with Crippen molar-refractivity contribution < 1.29 is 5.11 Å². The number of aliphatic hydroxyl groups is 1. The van der Waals surface area contributed by atoms with Crippen LogP contribution in [0.1, 0.15) is 12.8 Å². The highest BCUT2D eigenvalue weighted by molar-refractivity contribution is 5.44. The minimum Gasteiger partial charge on any atom is -0.391 e. The predicted molar refractivity (Wildman–Crippen MR) is 63.3 cm³/mol. The van der Waals surface area contributed by atoms with Crippen molar-refractivity contribution in [2.75, 3.05) is 17.2 Å². The largest absolute Gasteiger partial charge is 0.391 e. The monoisotopic (exact) mass is 232 g/mol. The van der Waals surface area contributed by atoms with Gasteiger partial charge in [0.1, 0.15) is 11.6 Å². The molecule has 2 aliphatic carbocycles. The smallest absolute Gasteiger partial charge is 0.147 e. The molecule has 0 aromatic carbocycles. The van der Waals surface area contributed by atoms with Gasteiger partial charge in [0.25, 0.3) is 0 Å². The van der Waals surface area contributed by atoms with Crippen molar-refractivity contribution in [1.29, 1.82) is 0 Å². The molecule has 17 heavy (non-hydrogen) atoms. The van der Waals surface area contributed by atoms with E-state index in [0.717, 1.165) is 18.3 Å². The molecule has 1 aliphatic heterocycles. The zero-order chi connectivity index (χ0) is 11.6. The minimum atomic E-state index is -0.182. The summed E-state index contributed by atoms with van der Waals surface area (Å²) < 4.78 is 0. The van der Waals surface area contributed by atoms with Gasteiger partial charge in [0.2, 0.25) is 0 Å². The van der Waals surface area contributed by atoms with Crippen LogP contribution in [0, 0.1) is 17.8 Å². The van der Waals surface area contributed by atoms with E-state index in [0.29, 0.717) is 17.7 Å². The average molecular weight is 232 g/mol. The van der Waals surface area contributed by atoms with Crippen molar-refractivity contribution in [2.24, 2.45) is 17.8 Å². The zero-order valence-corrected chi connectivity index (χ0v) is 9.53. The number of aromatic nitrogens is 2. The van der Waals surface area contributed by atoms with Gasteiger partial charge in [0.15, 0.2) is 0 Å². The van der Waals surface area contributed by atoms with E-state index in [1.165, 1.54) is 12.8 Å². The van der Waals surface area contributed by atoms with Gasteiger partial charge in [0, 0.05) is 6.54 Å². The first-order valence-corrected chi connectivity index (χ1v) is 6.26. The van der Waals surface area contributed by atoms with Crippen LogP contribution in [0.4, 0.5) is 11.6 Å². The SMILES string of the molecule is Nc1cnc(N2CC3CC4CC3C2C4O)cn1. The molecule has 3 fully saturated rings. The van der Waals surface area contributed by atoms with Crippen LogP contribution >= 0.6 is 0 Å². The Kier molecular flexibility index (Phi) is 1.76. The number of anilines is 2. The lowest BCUT2D eigenvalue weighted by atomic mass is 9.88. The number of nitrogens with two attached hydrogens (primary N) is 1. The third-order valence-electron chi connectivity index (χ3n) is 4.80. The Morgan fingerprint density at radius 1 is 1.24 bits per heavy atom. The third kappa shape index (κ3) is 1.17. The Morgan fingerprint density at radius 3 is 2.82 bits per heavy atom. The van der Waals surface area contributed by atoms with Gasteiger partial charge in [-0.1, -0.05) is 0 Å². The van der Waals surface area contributed by atoms with Gasteiger partial charge < -0.3 is 15.7 Å². The first-order valence-electron chi connectivity index (χ1n) is 6.26. The van der Waals surface area contributed by atoms with Crippen molar-refractivity contribution in [3.05, 3.63) is 12.4 Å². The molecule has 1 aromatic heterocycles. The maximum absolute atomic E-state index is 10.3. The summed E-state index contributed by atoms with van der Waals surface area (Å²) in [6.07, 6.45) is 5.50. The number of fused-ring (bicyclic) bond motifs is 1. The lowest BCUT2D eigenvalue weighted by Gasteiger charge is -2.29. The van der Waals surface area contributed by atoms with E-state index in [2.05, 4.69) is 14.9 Å². The maximum atomic E-state index is 10.3.